The molecule has 0 bridgehead atoms. The van der Waals surface area contributed by atoms with Crippen LogP contribution in [0.2, 0.25) is 0 Å². The Bertz CT molecular complexity index is 494. The van der Waals surface area contributed by atoms with Gasteiger partial charge in [-0.05, 0) is 36.8 Å². The van der Waals surface area contributed by atoms with Gasteiger partial charge in [0.15, 0.2) is 0 Å². The number of rotatable bonds is 3. The number of carbonyl (C=O) groups is 1. The van der Waals surface area contributed by atoms with Crippen molar-refractivity contribution >= 4 is 18.4 Å². The zero-order valence-corrected chi connectivity index (χ0v) is 13.0. The van der Waals surface area contributed by atoms with Gasteiger partial charge in [-0.15, -0.1) is 12.4 Å². The van der Waals surface area contributed by atoms with Crippen LogP contribution in [-0.4, -0.2) is 42.1 Å². The van der Waals surface area contributed by atoms with E-state index in [1.165, 1.54) is 20.0 Å². The van der Waals surface area contributed by atoms with Crippen LogP contribution in [0, 0.1) is 11.8 Å². The van der Waals surface area contributed by atoms with E-state index in [2.05, 4.69) is 14.6 Å². The molecule has 21 heavy (non-hydrogen) atoms. The van der Waals surface area contributed by atoms with Crippen LogP contribution < -0.4 is 5.73 Å². The molecule has 5 nitrogen and oxygen atoms in total. The SMILES string of the molecule is COC(=O)c1ccc(CN2CC3CCC(N)C3C2)nc1.Cl. The minimum atomic E-state index is -0.342. The molecule has 3 atom stereocenters. The molecule has 6 heteroatoms. The Hall–Kier alpha value is -1.17. The first-order valence-corrected chi connectivity index (χ1v) is 7.18. The summed E-state index contributed by atoms with van der Waals surface area (Å²) in [6.07, 6.45) is 4.02. The average molecular weight is 312 g/mol. The van der Waals surface area contributed by atoms with E-state index in [0.717, 1.165) is 31.2 Å². The van der Waals surface area contributed by atoms with Crippen molar-refractivity contribution in [3.63, 3.8) is 0 Å². The van der Waals surface area contributed by atoms with Crippen molar-refractivity contribution in [2.24, 2.45) is 17.6 Å². The van der Waals surface area contributed by atoms with Crippen LogP contribution in [0.5, 0.6) is 0 Å². The number of esters is 1. The lowest BCUT2D eigenvalue weighted by Gasteiger charge is -2.17. The van der Waals surface area contributed by atoms with E-state index in [1.807, 2.05) is 6.07 Å². The van der Waals surface area contributed by atoms with Gasteiger partial charge in [-0.1, -0.05) is 0 Å². The molecule has 1 aromatic rings. The molecule has 0 radical (unpaired) electrons. The summed E-state index contributed by atoms with van der Waals surface area (Å²) in [6.45, 7) is 3.03. The van der Waals surface area contributed by atoms with E-state index in [0.29, 0.717) is 17.5 Å². The molecule has 0 spiro atoms. The third-order valence-corrected chi connectivity index (χ3v) is 4.62. The molecule has 1 aliphatic heterocycles. The number of fused-ring (bicyclic) bond motifs is 1. The molecule has 2 heterocycles. The standard InChI is InChI=1S/C15H21N3O2.ClH/c1-20-15(19)10-2-4-12(17-6-10)8-18-7-11-3-5-14(16)13(11)9-18;/h2,4,6,11,13-14H,3,5,7-9,16H2,1H3;1H. The highest BCUT2D eigenvalue weighted by Gasteiger charge is 2.40. The number of ether oxygens (including phenoxy) is 1. The summed E-state index contributed by atoms with van der Waals surface area (Å²) in [5.41, 5.74) is 7.64. The average Bonchev–Trinajstić information content (AvgIpc) is 3.01. The van der Waals surface area contributed by atoms with Crippen LogP contribution >= 0.6 is 12.4 Å². The predicted molar refractivity (Wildman–Crippen MR) is 82.3 cm³/mol. The lowest BCUT2D eigenvalue weighted by molar-refractivity contribution is 0.0600. The van der Waals surface area contributed by atoms with Gasteiger partial charge in [-0.3, -0.25) is 9.88 Å². The molecule has 2 N–H and O–H groups in total. The quantitative estimate of drug-likeness (QED) is 0.856. The van der Waals surface area contributed by atoms with Crippen molar-refractivity contribution in [1.82, 2.24) is 9.88 Å². The van der Waals surface area contributed by atoms with Crippen LogP contribution in [0.15, 0.2) is 18.3 Å². The molecule has 1 saturated carbocycles. The zero-order chi connectivity index (χ0) is 14.1. The minimum Gasteiger partial charge on any atom is -0.465 e. The van der Waals surface area contributed by atoms with Crippen molar-refractivity contribution < 1.29 is 9.53 Å². The number of nitrogens with two attached hydrogens (primary N) is 1. The first kappa shape index (κ1) is 16.2. The second-order valence-electron chi connectivity index (χ2n) is 5.89. The number of pyridine rings is 1. The fraction of sp³-hybridized carbons (Fsp3) is 0.600. The zero-order valence-electron chi connectivity index (χ0n) is 12.2. The van der Waals surface area contributed by atoms with Gasteiger partial charge in [0.05, 0.1) is 18.4 Å². The maximum Gasteiger partial charge on any atom is 0.339 e. The van der Waals surface area contributed by atoms with Crippen molar-refractivity contribution in [3.05, 3.63) is 29.6 Å². The Morgan fingerprint density at radius 2 is 2.24 bits per heavy atom. The van der Waals surface area contributed by atoms with Gasteiger partial charge in [-0.25, -0.2) is 4.79 Å². The number of likely N-dealkylation sites (tertiary alicyclic amines) is 1. The summed E-state index contributed by atoms with van der Waals surface area (Å²) in [5, 5.41) is 0. The lowest BCUT2D eigenvalue weighted by Crippen LogP contribution is -2.30. The van der Waals surface area contributed by atoms with E-state index < -0.39 is 0 Å². The number of carbonyl (C=O) groups excluding carboxylic acids is 1. The lowest BCUT2D eigenvalue weighted by atomic mass is 9.98. The number of nitrogens with zero attached hydrogens (tertiary/aromatic N) is 2. The van der Waals surface area contributed by atoms with Crippen molar-refractivity contribution in [3.8, 4) is 0 Å². The van der Waals surface area contributed by atoms with Crippen LogP contribution in [-0.2, 0) is 11.3 Å². The number of hydrogen-bond acceptors (Lipinski definition) is 5. The van der Waals surface area contributed by atoms with E-state index in [4.69, 9.17) is 5.73 Å². The molecular weight excluding hydrogens is 290 g/mol. The molecule has 2 aliphatic rings. The molecule has 2 fully saturated rings. The van der Waals surface area contributed by atoms with Gasteiger partial charge in [0, 0.05) is 31.9 Å². The molecule has 0 amide bonds. The Kier molecular flexibility index (Phi) is 5.19. The third-order valence-electron chi connectivity index (χ3n) is 4.62. The van der Waals surface area contributed by atoms with Crippen molar-refractivity contribution in [2.45, 2.75) is 25.4 Å². The molecule has 3 rings (SSSR count). The summed E-state index contributed by atoms with van der Waals surface area (Å²) in [7, 11) is 1.38. The van der Waals surface area contributed by atoms with Gasteiger partial charge in [0.1, 0.15) is 0 Å². The van der Waals surface area contributed by atoms with Crippen LogP contribution in [0.25, 0.3) is 0 Å². The molecule has 1 aromatic heterocycles. The third kappa shape index (κ3) is 3.36. The van der Waals surface area contributed by atoms with Gasteiger partial charge in [-0.2, -0.15) is 0 Å². The van der Waals surface area contributed by atoms with E-state index in [-0.39, 0.29) is 18.4 Å². The molecular formula is C15H22ClN3O2. The summed E-state index contributed by atoms with van der Waals surface area (Å²) in [5.74, 6) is 1.08. The summed E-state index contributed by atoms with van der Waals surface area (Å²) < 4.78 is 4.67. The summed E-state index contributed by atoms with van der Waals surface area (Å²) >= 11 is 0. The van der Waals surface area contributed by atoms with E-state index in [1.54, 1.807) is 12.3 Å². The first-order valence-electron chi connectivity index (χ1n) is 7.18. The Labute approximate surface area is 131 Å². The fourth-order valence-electron chi connectivity index (χ4n) is 3.51. The number of methoxy groups -OCH3 is 1. The molecule has 1 saturated heterocycles. The van der Waals surface area contributed by atoms with E-state index in [9.17, 15) is 4.79 Å². The second-order valence-corrected chi connectivity index (χ2v) is 5.89. The Morgan fingerprint density at radius 1 is 1.43 bits per heavy atom. The molecule has 116 valence electrons. The van der Waals surface area contributed by atoms with Gasteiger partial charge < -0.3 is 10.5 Å². The molecule has 0 aromatic carbocycles. The monoisotopic (exact) mass is 311 g/mol. The Balaban J connectivity index is 0.00000161. The second kappa shape index (κ2) is 6.73. The van der Waals surface area contributed by atoms with Gasteiger partial charge >= 0.3 is 5.97 Å². The topological polar surface area (TPSA) is 68.5 Å². The highest BCUT2D eigenvalue weighted by molar-refractivity contribution is 5.88. The Morgan fingerprint density at radius 3 is 2.86 bits per heavy atom. The molecule has 3 unspecified atom stereocenters. The number of aromatic nitrogens is 1. The van der Waals surface area contributed by atoms with Crippen LogP contribution in [0.4, 0.5) is 0 Å². The van der Waals surface area contributed by atoms with Crippen molar-refractivity contribution in [1.29, 1.82) is 0 Å². The predicted octanol–water partition coefficient (Wildman–Crippen LogP) is 1.46. The van der Waals surface area contributed by atoms with Crippen LogP contribution in [0.3, 0.4) is 0 Å². The number of hydrogen-bond donors (Lipinski definition) is 1. The van der Waals surface area contributed by atoms with Crippen LogP contribution in [0.1, 0.15) is 28.9 Å². The highest BCUT2D eigenvalue weighted by atomic mass is 35.5. The maximum atomic E-state index is 11.4. The largest absolute Gasteiger partial charge is 0.465 e. The smallest absolute Gasteiger partial charge is 0.339 e. The van der Waals surface area contributed by atoms with Gasteiger partial charge in [0.25, 0.3) is 0 Å². The summed E-state index contributed by atoms with van der Waals surface area (Å²) in [6, 6.07) is 4.05. The normalized spacial score (nSPS) is 28.0. The maximum absolute atomic E-state index is 11.4. The highest BCUT2D eigenvalue weighted by Crippen LogP contribution is 2.37. The summed E-state index contributed by atoms with van der Waals surface area (Å²) in [4.78, 5) is 18.1. The first-order chi connectivity index (χ1) is 9.67. The van der Waals surface area contributed by atoms with E-state index >= 15 is 0 Å². The van der Waals surface area contributed by atoms with Gasteiger partial charge in [0.2, 0.25) is 0 Å². The minimum absolute atomic E-state index is 0. The molecule has 1 aliphatic carbocycles. The van der Waals surface area contributed by atoms with Crippen molar-refractivity contribution in [2.75, 3.05) is 20.2 Å². The number of halogens is 1. The fourth-order valence-corrected chi connectivity index (χ4v) is 3.51.